The van der Waals surface area contributed by atoms with E-state index in [1.54, 1.807) is 0 Å². The molecule has 0 saturated heterocycles. The number of amides is 1. The summed E-state index contributed by atoms with van der Waals surface area (Å²) >= 11 is 0. The fraction of sp³-hybridized carbons (Fsp3) is 0.821. The van der Waals surface area contributed by atoms with E-state index in [2.05, 4.69) is 36.5 Å². The highest BCUT2D eigenvalue weighted by Crippen LogP contribution is 2.28. The molecule has 0 heterocycles. The lowest BCUT2D eigenvalue weighted by Gasteiger charge is -2.40. The van der Waals surface area contributed by atoms with Crippen molar-refractivity contribution in [3.63, 3.8) is 0 Å². The molecule has 0 aliphatic heterocycles. The lowest BCUT2D eigenvalue weighted by molar-refractivity contribution is -0.182. The molecule has 48 heavy (non-hydrogen) atoms. The summed E-state index contributed by atoms with van der Waals surface area (Å²) < 4.78 is 5.89. The standard InChI is InChI=1S/C39H69NO8/c1-2-3-4-5-6-7-8-9-10-11-14-20-25-33(42)37(45)32(29-48-34-27-31(28-41)36(44)39(47)38(34)46)40-35(43)26-21-15-12-13-17-22-30-23-18-16-19-24-30/h16,18-19,23-24,31-34,36-39,41-42,44-47H,2-15,17,20-22,25-29H2,1H3,(H,40,43)/t31-,32+,33-,34+,36+,37+,38+,39+/m1/s1. The topological polar surface area (TPSA) is 160 Å². The Morgan fingerprint density at radius 3 is 1.94 bits per heavy atom. The Morgan fingerprint density at radius 2 is 1.33 bits per heavy atom. The van der Waals surface area contributed by atoms with E-state index in [1.807, 2.05) is 6.07 Å². The molecular formula is C39H69NO8. The molecule has 0 bridgehead atoms. The molecule has 1 amide bonds. The summed E-state index contributed by atoms with van der Waals surface area (Å²) in [6, 6.07) is 9.49. The first kappa shape index (κ1) is 42.6. The number of benzene rings is 1. The first-order chi connectivity index (χ1) is 23.3. The van der Waals surface area contributed by atoms with E-state index in [1.165, 1.54) is 63.4 Å². The van der Waals surface area contributed by atoms with Crippen LogP contribution in [0.1, 0.15) is 141 Å². The van der Waals surface area contributed by atoms with Gasteiger partial charge in [-0.15, -0.1) is 0 Å². The lowest BCUT2D eigenvalue weighted by Crippen LogP contribution is -2.57. The molecule has 9 heteroatoms. The third-order valence-electron chi connectivity index (χ3n) is 10.0. The number of aliphatic hydroxyl groups excluding tert-OH is 6. The molecule has 7 N–H and O–H groups in total. The highest BCUT2D eigenvalue weighted by atomic mass is 16.5. The zero-order valence-electron chi connectivity index (χ0n) is 29.8. The molecule has 1 saturated carbocycles. The molecule has 2 rings (SSSR count). The average molecular weight is 680 g/mol. The summed E-state index contributed by atoms with van der Waals surface area (Å²) in [6.45, 7) is 1.67. The number of carbonyl (C=O) groups excluding carboxylic acids is 1. The first-order valence-electron chi connectivity index (χ1n) is 19.2. The molecule has 0 spiro atoms. The van der Waals surface area contributed by atoms with Crippen LogP contribution in [0.2, 0.25) is 0 Å². The van der Waals surface area contributed by atoms with Crippen LogP contribution in [0.5, 0.6) is 0 Å². The van der Waals surface area contributed by atoms with Gasteiger partial charge < -0.3 is 40.7 Å². The summed E-state index contributed by atoms with van der Waals surface area (Å²) in [5, 5.41) is 65.3. The van der Waals surface area contributed by atoms with Gasteiger partial charge in [-0.05, 0) is 37.7 Å². The SMILES string of the molecule is CCCCCCCCCCCCCC[C@@H](O)[C@@H](O)[C@H](CO[C@H]1C[C@H](CO)[C@H](O)[C@H](O)[C@H]1O)NC(=O)CCCCCCCc1ccccc1. The summed E-state index contributed by atoms with van der Waals surface area (Å²) in [6.07, 6.45) is 13.8. The van der Waals surface area contributed by atoms with Crippen molar-refractivity contribution >= 4 is 5.91 Å². The minimum Gasteiger partial charge on any atom is -0.396 e. The molecule has 1 aromatic rings. The second-order valence-electron chi connectivity index (χ2n) is 14.2. The molecule has 1 aromatic carbocycles. The van der Waals surface area contributed by atoms with Crippen molar-refractivity contribution in [2.45, 2.75) is 184 Å². The van der Waals surface area contributed by atoms with Crippen molar-refractivity contribution in [3.8, 4) is 0 Å². The molecule has 0 aromatic heterocycles. The Balaban J connectivity index is 1.77. The maximum absolute atomic E-state index is 12.9. The Kier molecular flexibility index (Phi) is 23.3. The Bertz CT molecular complexity index is 919. The third-order valence-corrected chi connectivity index (χ3v) is 10.0. The first-order valence-corrected chi connectivity index (χ1v) is 19.2. The average Bonchev–Trinajstić information content (AvgIpc) is 3.09. The molecule has 9 nitrogen and oxygen atoms in total. The van der Waals surface area contributed by atoms with Crippen LogP contribution < -0.4 is 5.32 Å². The smallest absolute Gasteiger partial charge is 0.220 e. The summed E-state index contributed by atoms with van der Waals surface area (Å²) in [5.41, 5.74) is 1.34. The molecule has 1 fully saturated rings. The van der Waals surface area contributed by atoms with E-state index in [-0.39, 0.29) is 25.5 Å². The number of ether oxygens (including phenoxy) is 1. The maximum atomic E-state index is 12.9. The monoisotopic (exact) mass is 680 g/mol. The fourth-order valence-corrected chi connectivity index (χ4v) is 6.78. The summed E-state index contributed by atoms with van der Waals surface area (Å²) in [5.74, 6) is -0.909. The van der Waals surface area contributed by atoms with Crippen LogP contribution in [0.25, 0.3) is 0 Å². The van der Waals surface area contributed by atoms with Gasteiger partial charge in [0.25, 0.3) is 0 Å². The molecule has 8 atom stereocenters. The number of nitrogens with one attached hydrogen (secondary N) is 1. The maximum Gasteiger partial charge on any atom is 0.220 e. The van der Waals surface area contributed by atoms with Gasteiger partial charge in [-0.25, -0.2) is 0 Å². The van der Waals surface area contributed by atoms with Crippen LogP contribution in [0, 0.1) is 5.92 Å². The summed E-state index contributed by atoms with van der Waals surface area (Å²) in [4.78, 5) is 12.9. The predicted octanol–water partition coefficient (Wildman–Crippen LogP) is 5.35. The van der Waals surface area contributed by atoms with Crippen LogP contribution in [0.3, 0.4) is 0 Å². The molecule has 0 radical (unpaired) electrons. The highest BCUT2D eigenvalue weighted by molar-refractivity contribution is 5.76. The minimum absolute atomic E-state index is 0.109. The zero-order chi connectivity index (χ0) is 35.0. The second-order valence-corrected chi connectivity index (χ2v) is 14.2. The largest absolute Gasteiger partial charge is 0.396 e. The molecule has 1 aliphatic rings. The number of hydrogen-bond acceptors (Lipinski definition) is 8. The van der Waals surface area contributed by atoms with Gasteiger partial charge in [-0.3, -0.25) is 4.79 Å². The normalized spacial score (nSPS) is 23.1. The van der Waals surface area contributed by atoms with Crippen LogP contribution in [0.15, 0.2) is 30.3 Å². The fourth-order valence-electron chi connectivity index (χ4n) is 6.78. The van der Waals surface area contributed by atoms with E-state index in [4.69, 9.17) is 4.74 Å². The van der Waals surface area contributed by atoms with E-state index in [0.717, 1.165) is 51.4 Å². The molecule has 1 aliphatic carbocycles. The van der Waals surface area contributed by atoms with Crippen molar-refractivity contribution < 1.29 is 40.2 Å². The Morgan fingerprint density at radius 1 is 0.771 bits per heavy atom. The van der Waals surface area contributed by atoms with Crippen molar-refractivity contribution in [3.05, 3.63) is 35.9 Å². The van der Waals surface area contributed by atoms with Gasteiger partial charge in [0.1, 0.15) is 18.3 Å². The molecule has 278 valence electrons. The number of aliphatic hydroxyl groups is 6. The minimum atomic E-state index is -1.48. The third kappa shape index (κ3) is 17.4. The van der Waals surface area contributed by atoms with Gasteiger partial charge >= 0.3 is 0 Å². The van der Waals surface area contributed by atoms with Crippen molar-refractivity contribution in [2.24, 2.45) is 5.92 Å². The Hall–Kier alpha value is -1.59. The van der Waals surface area contributed by atoms with Crippen LogP contribution >= 0.6 is 0 Å². The number of unbranched alkanes of at least 4 members (excludes halogenated alkanes) is 15. The van der Waals surface area contributed by atoms with Gasteiger partial charge in [-0.1, -0.05) is 134 Å². The van der Waals surface area contributed by atoms with Crippen LogP contribution in [0.4, 0.5) is 0 Å². The highest BCUT2D eigenvalue weighted by Gasteiger charge is 2.43. The van der Waals surface area contributed by atoms with Gasteiger partial charge in [0.05, 0.1) is 31.0 Å². The van der Waals surface area contributed by atoms with Gasteiger partial charge in [0, 0.05) is 18.9 Å². The Labute approximate surface area is 290 Å². The van der Waals surface area contributed by atoms with Crippen LogP contribution in [-0.4, -0.2) is 92.4 Å². The van der Waals surface area contributed by atoms with Crippen molar-refractivity contribution in [1.82, 2.24) is 5.32 Å². The zero-order valence-corrected chi connectivity index (χ0v) is 29.8. The molecule has 0 unspecified atom stereocenters. The van der Waals surface area contributed by atoms with Crippen molar-refractivity contribution in [2.75, 3.05) is 13.2 Å². The van der Waals surface area contributed by atoms with E-state index < -0.39 is 48.6 Å². The van der Waals surface area contributed by atoms with Gasteiger partial charge in [0.15, 0.2) is 0 Å². The van der Waals surface area contributed by atoms with Gasteiger partial charge in [0.2, 0.25) is 5.91 Å². The molecular weight excluding hydrogens is 610 g/mol. The van der Waals surface area contributed by atoms with E-state index in [9.17, 15) is 35.4 Å². The van der Waals surface area contributed by atoms with E-state index in [0.29, 0.717) is 19.3 Å². The lowest BCUT2D eigenvalue weighted by atomic mass is 9.81. The van der Waals surface area contributed by atoms with Crippen LogP contribution in [-0.2, 0) is 16.0 Å². The van der Waals surface area contributed by atoms with Gasteiger partial charge in [-0.2, -0.15) is 0 Å². The van der Waals surface area contributed by atoms with E-state index >= 15 is 0 Å². The van der Waals surface area contributed by atoms with Crippen molar-refractivity contribution in [1.29, 1.82) is 0 Å². The number of hydrogen-bond donors (Lipinski definition) is 7. The number of aryl methyl sites for hydroxylation is 1. The quantitative estimate of drug-likeness (QED) is 0.0584. The second kappa shape index (κ2) is 26.3. The number of rotatable bonds is 28. The summed E-state index contributed by atoms with van der Waals surface area (Å²) in [7, 11) is 0. The number of carbonyl (C=O) groups is 1. The predicted molar refractivity (Wildman–Crippen MR) is 190 cm³/mol.